The van der Waals surface area contributed by atoms with Crippen molar-refractivity contribution in [3.05, 3.63) is 35.6 Å². The Morgan fingerprint density at radius 1 is 1.26 bits per heavy atom. The first kappa shape index (κ1) is 13.0. The van der Waals surface area contributed by atoms with E-state index in [1.807, 2.05) is 12.1 Å². The van der Waals surface area contributed by atoms with Crippen LogP contribution in [0.15, 0.2) is 24.3 Å². The molecule has 3 nitrogen and oxygen atoms in total. The highest BCUT2D eigenvalue weighted by molar-refractivity contribution is 5.15. The summed E-state index contributed by atoms with van der Waals surface area (Å²) >= 11 is 0. The molecule has 0 aromatic heterocycles. The number of nitrogens with zero attached hydrogens (tertiary/aromatic N) is 1. The molecule has 1 aromatic carbocycles. The smallest absolute Gasteiger partial charge is 0.123 e. The topological polar surface area (TPSA) is 24.5 Å². The minimum absolute atomic E-state index is 0.170. The summed E-state index contributed by atoms with van der Waals surface area (Å²) in [5.74, 6) is -0.170. The second-order valence-electron chi connectivity index (χ2n) is 5.49. The third kappa shape index (κ3) is 3.32. The monoisotopic (exact) mass is 264 g/mol. The van der Waals surface area contributed by atoms with Crippen LogP contribution in [0.5, 0.6) is 0 Å². The molecule has 0 amide bonds. The van der Waals surface area contributed by atoms with Crippen molar-refractivity contribution in [1.82, 2.24) is 10.2 Å². The van der Waals surface area contributed by atoms with Gasteiger partial charge in [-0.25, -0.2) is 4.39 Å². The number of morpholine rings is 1. The first-order chi connectivity index (χ1) is 9.31. The van der Waals surface area contributed by atoms with Gasteiger partial charge in [-0.15, -0.1) is 0 Å². The van der Waals surface area contributed by atoms with E-state index in [4.69, 9.17) is 4.74 Å². The highest BCUT2D eigenvalue weighted by Gasteiger charge is 2.30. The van der Waals surface area contributed by atoms with Crippen LogP contribution in [0.3, 0.4) is 0 Å². The highest BCUT2D eigenvalue weighted by atomic mass is 19.1. The van der Waals surface area contributed by atoms with E-state index in [9.17, 15) is 4.39 Å². The lowest BCUT2D eigenvalue weighted by Gasteiger charge is -2.42. The number of rotatable bonds is 3. The molecule has 2 aliphatic rings. The Hall–Kier alpha value is -0.970. The molecule has 2 aliphatic heterocycles. The van der Waals surface area contributed by atoms with E-state index in [2.05, 4.69) is 10.2 Å². The molecule has 0 spiro atoms. The second-order valence-corrected chi connectivity index (χ2v) is 5.49. The first-order valence-electron chi connectivity index (χ1n) is 7.11. The molecule has 19 heavy (non-hydrogen) atoms. The fraction of sp³-hybridized carbons (Fsp3) is 0.600. The Morgan fingerprint density at radius 2 is 2.11 bits per heavy atom. The summed E-state index contributed by atoms with van der Waals surface area (Å²) in [6, 6.07) is 7.87. The number of hydrogen-bond acceptors (Lipinski definition) is 3. The number of halogens is 1. The van der Waals surface area contributed by atoms with Crippen molar-refractivity contribution in [3.8, 4) is 0 Å². The third-order valence-electron chi connectivity index (χ3n) is 4.18. The van der Waals surface area contributed by atoms with E-state index < -0.39 is 0 Å². The van der Waals surface area contributed by atoms with Crippen molar-refractivity contribution in [2.24, 2.45) is 0 Å². The molecule has 2 saturated heterocycles. The van der Waals surface area contributed by atoms with Crippen molar-refractivity contribution in [1.29, 1.82) is 0 Å². The Kier molecular flexibility index (Phi) is 4.11. The molecule has 0 aliphatic carbocycles. The average Bonchev–Trinajstić information content (AvgIpc) is 2.46. The number of ether oxygens (including phenoxy) is 1. The normalized spacial score (nSPS) is 28.1. The van der Waals surface area contributed by atoms with Gasteiger partial charge in [0, 0.05) is 31.7 Å². The molecule has 0 radical (unpaired) electrons. The summed E-state index contributed by atoms with van der Waals surface area (Å²) in [6.45, 7) is 4.81. The SMILES string of the molecule is Fc1ccc(CNC2CCN3CCOC[C@@H]3C2)cc1. The molecule has 2 fully saturated rings. The predicted octanol–water partition coefficient (Wildman–Crippen LogP) is 1.78. The first-order valence-corrected chi connectivity index (χ1v) is 7.11. The van der Waals surface area contributed by atoms with Gasteiger partial charge in [-0.05, 0) is 30.5 Å². The van der Waals surface area contributed by atoms with Crippen LogP contribution in [0.25, 0.3) is 0 Å². The van der Waals surface area contributed by atoms with Gasteiger partial charge in [0.25, 0.3) is 0 Å². The summed E-state index contributed by atoms with van der Waals surface area (Å²) in [5, 5.41) is 3.59. The molecule has 0 bridgehead atoms. The zero-order valence-corrected chi connectivity index (χ0v) is 11.1. The van der Waals surface area contributed by atoms with Crippen molar-refractivity contribution < 1.29 is 9.13 Å². The largest absolute Gasteiger partial charge is 0.378 e. The van der Waals surface area contributed by atoms with Gasteiger partial charge in [0.15, 0.2) is 0 Å². The van der Waals surface area contributed by atoms with E-state index in [1.165, 1.54) is 18.6 Å². The fourth-order valence-electron chi connectivity index (χ4n) is 3.02. The highest BCUT2D eigenvalue weighted by Crippen LogP contribution is 2.20. The molecular weight excluding hydrogens is 243 g/mol. The van der Waals surface area contributed by atoms with Crippen LogP contribution in [-0.4, -0.2) is 43.3 Å². The number of benzene rings is 1. The zero-order chi connectivity index (χ0) is 13.1. The van der Waals surface area contributed by atoms with Gasteiger partial charge in [0.05, 0.1) is 13.2 Å². The molecule has 1 unspecified atom stereocenters. The van der Waals surface area contributed by atoms with E-state index in [1.54, 1.807) is 0 Å². The van der Waals surface area contributed by atoms with Gasteiger partial charge < -0.3 is 10.1 Å². The summed E-state index contributed by atoms with van der Waals surface area (Å²) in [5.41, 5.74) is 1.14. The van der Waals surface area contributed by atoms with E-state index >= 15 is 0 Å². The predicted molar refractivity (Wildman–Crippen MR) is 72.4 cm³/mol. The molecule has 2 heterocycles. The summed E-state index contributed by atoms with van der Waals surface area (Å²) < 4.78 is 18.4. The summed E-state index contributed by atoms with van der Waals surface area (Å²) in [6.07, 6.45) is 2.35. The van der Waals surface area contributed by atoms with Gasteiger partial charge in [-0.2, -0.15) is 0 Å². The average molecular weight is 264 g/mol. The minimum Gasteiger partial charge on any atom is -0.378 e. The lowest BCUT2D eigenvalue weighted by atomic mass is 9.96. The Bertz CT molecular complexity index is 409. The zero-order valence-electron chi connectivity index (χ0n) is 11.1. The number of piperidine rings is 1. The fourth-order valence-corrected chi connectivity index (χ4v) is 3.02. The Morgan fingerprint density at radius 3 is 2.95 bits per heavy atom. The summed E-state index contributed by atoms with van der Waals surface area (Å²) in [4.78, 5) is 2.54. The van der Waals surface area contributed by atoms with Crippen LogP contribution in [0.1, 0.15) is 18.4 Å². The van der Waals surface area contributed by atoms with Gasteiger partial charge in [-0.1, -0.05) is 12.1 Å². The van der Waals surface area contributed by atoms with E-state index in [-0.39, 0.29) is 5.82 Å². The lowest BCUT2D eigenvalue weighted by molar-refractivity contribution is -0.0298. The maximum Gasteiger partial charge on any atom is 0.123 e. The molecule has 1 aromatic rings. The van der Waals surface area contributed by atoms with Crippen LogP contribution >= 0.6 is 0 Å². The third-order valence-corrected chi connectivity index (χ3v) is 4.18. The van der Waals surface area contributed by atoms with Crippen molar-refractivity contribution in [2.75, 3.05) is 26.3 Å². The minimum atomic E-state index is -0.170. The van der Waals surface area contributed by atoms with Gasteiger partial charge >= 0.3 is 0 Å². The van der Waals surface area contributed by atoms with Crippen molar-refractivity contribution in [2.45, 2.75) is 31.5 Å². The Labute approximate surface area is 113 Å². The summed E-state index contributed by atoms with van der Waals surface area (Å²) in [7, 11) is 0. The molecule has 2 atom stereocenters. The molecule has 4 heteroatoms. The maximum atomic E-state index is 12.8. The lowest BCUT2D eigenvalue weighted by Crippen LogP contribution is -2.53. The van der Waals surface area contributed by atoms with Crippen LogP contribution in [0.4, 0.5) is 4.39 Å². The quantitative estimate of drug-likeness (QED) is 0.900. The second kappa shape index (κ2) is 5.99. The van der Waals surface area contributed by atoms with Gasteiger partial charge in [0.1, 0.15) is 5.82 Å². The van der Waals surface area contributed by atoms with Crippen molar-refractivity contribution >= 4 is 0 Å². The van der Waals surface area contributed by atoms with Crippen LogP contribution in [0.2, 0.25) is 0 Å². The molecule has 104 valence electrons. The maximum absolute atomic E-state index is 12.8. The number of nitrogens with one attached hydrogen (secondary N) is 1. The van der Waals surface area contributed by atoms with E-state index in [0.29, 0.717) is 12.1 Å². The van der Waals surface area contributed by atoms with Gasteiger partial charge in [0.2, 0.25) is 0 Å². The van der Waals surface area contributed by atoms with Crippen molar-refractivity contribution in [3.63, 3.8) is 0 Å². The molecular formula is C15H21FN2O. The molecule has 1 N–H and O–H groups in total. The molecule has 0 saturated carbocycles. The standard InChI is InChI=1S/C15H21FN2O/c16-13-3-1-12(2-4-13)10-17-14-5-6-18-7-8-19-11-15(18)9-14/h1-4,14-15,17H,5-11H2/t14?,15-/m0/s1. The van der Waals surface area contributed by atoms with Crippen LogP contribution in [-0.2, 0) is 11.3 Å². The van der Waals surface area contributed by atoms with Crippen LogP contribution in [0, 0.1) is 5.82 Å². The number of fused-ring (bicyclic) bond motifs is 1. The number of hydrogen-bond donors (Lipinski definition) is 1. The van der Waals surface area contributed by atoms with Crippen LogP contribution < -0.4 is 5.32 Å². The Balaban J connectivity index is 1.49. The molecule has 3 rings (SSSR count). The van der Waals surface area contributed by atoms with Gasteiger partial charge in [-0.3, -0.25) is 4.90 Å². The van der Waals surface area contributed by atoms with E-state index in [0.717, 1.165) is 44.8 Å².